The maximum atomic E-state index is 12.5. The van der Waals surface area contributed by atoms with Gasteiger partial charge in [0.15, 0.2) is 5.11 Å². The topological polar surface area (TPSA) is 79.5 Å². The fourth-order valence-corrected chi connectivity index (χ4v) is 2.62. The number of benzene rings is 2. The molecule has 6 nitrogen and oxygen atoms in total. The molecule has 0 aliphatic rings. The highest BCUT2D eigenvalue weighted by atomic mass is 32.1. The SMILES string of the molecule is CCCNC(=O)c1cccc(NC(=S)NC(=O)c2cccc(OCC(C)C)c2)c1. The molecule has 154 valence electrons. The van der Waals surface area contributed by atoms with Crippen molar-refractivity contribution in [1.82, 2.24) is 10.6 Å². The van der Waals surface area contributed by atoms with Crippen molar-refractivity contribution in [1.29, 1.82) is 0 Å². The molecule has 0 aromatic heterocycles. The van der Waals surface area contributed by atoms with E-state index in [1.807, 2.05) is 13.0 Å². The van der Waals surface area contributed by atoms with Gasteiger partial charge in [-0.1, -0.05) is 32.9 Å². The molecule has 0 aliphatic carbocycles. The predicted octanol–water partition coefficient (Wildman–Crippen LogP) is 3.99. The highest BCUT2D eigenvalue weighted by molar-refractivity contribution is 7.80. The summed E-state index contributed by atoms with van der Waals surface area (Å²) in [6.45, 7) is 7.30. The van der Waals surface area contributed by atoms with E-state index < -0.39 is 0 Å². The predicted molar refractivity (Wildman–Crippen MR) is 120 cm³/mol. The van der Waals surface area contributed by atoms with Gasteiger partial charge in [0.05, 0.1) is 6.61 Å². The van der Waals surface area contributed by atoms with E-state index in [1.54, 1.807) is 42.5 Å². The van der Waals surface area contributed by atoms with E-state index in [4.69, 9.17) is 17.0 Å². The van der Waals surface area contributed by atoms with Crippen molar-refractivity contribution in [3.63, 3.8) is 0 Å². The first kappa shape index (κ1) is 22.4. The number of nitrogens with one attached hydrogen (secondary N) is 3. The Morgan fingerprint density at radius 1 is 1.03 bits per heavy atom. The minimum atomic E-state index is -0.339. The second-order valence-electron chi connectivity index (χ2n) is 6.98. The Morgan fingerprint density at radius 3 is 2.41 bits per heavy atom. The fourth-order valence-electron chi connectivity index (χ4n) is 2.41. The summed E-state index contributed by atoms with van der Waals surface area (Å²) in [6, 6.07) is 13.9. The maximum Gasteiger partial charge on any atom is 0.257 e. The lowest BCUT2D eigenvalue weighted by Crippen LogP contribution is -2.34. The van der Waals surface area contributed by atoms with Gasteiger partial charge in [-0.15, -0.1) is 0 Å². The Kier molecular flexibility index (Phi) is 8.61. The highest BCUT2D eigenvalue weighted by Crippen LogP contribution is 2.15. The Morgan fingerprint density at radius 2 is 1.72 bits per heavy atom. The molecule has 0 bridgehead atoms. The van der Waals surface area contributed by atoms with Crippen LogP contribution in [0.4, 0.5) is 5.69 Å². The van der Waals surface area contributed by atoms with Gasteiger partial charge in [0, 0.05) is 23.4 Å². The molecule has 0 spiro atoms. The third-order valence-corrected chi connectivity index (χ3v) is 4.03. The average molecular weight is 414 g/mol. The van der Waals surface area contributed by atoms with Crippen LogP contribution in [0.3, 0.4) is 0 Å². The Labute approximate surface area is 177 Å². The first-order chi connectivity index (χ1) is 13.9. The van der Waals surface area contributed by atoms with Gasteiger partial charge in [0.1, 0.15) is 5.75 Å². The molecule has 2 rings (SSSR count). The van der Waals surface area contributed by atoms with Gasteiger partial charge in [-0.3, -0.25) is 14.9 Å². The maximum absolute atomic E-state index is 12.5. The van der Waals surface area contributed by atoms with Crippen molar-refractivity contribution < 1.29 is 14.3 Å². The Hall–Kier alpha value is -2.93. The third kappa shape index (κ3) is 7.54. The van der Waals surface area contributed by atoms with Crippen LogP contribution in [0.15, 0.2) is 48.5 Å². The van der Waals surface area contributed by atoms with Crippen molar-refractivity contribution >= 4 is 34.8 Å². The van der Waals surface area contributed by atoms with E-state index in [9.17, 15) is 9.59 Å². The summed E-state index contributed by atoms with van der Waals surface area (Å²) in [5.41, 5.74) is 1.59. The van der Waals surface area contributed by atoms with E-state index in [1.165, 1.54) is 0 Å². The summed E-state index contributed by atoms with van der Waals surface area (Å²) in [7, 11) is 0. The van der Waals surface area contributed by atoms with E-state index in [2.05, 4.69) is 29.8 Å². The number of ether oxygens (including phenoxy) is 1. The lowest BCUT2D eigenvalue weighted by molar-refractivity contribution is 0.0951. The zero-order valence-electron chi connectivity index (χ0n) is 17.0. The van der Waals surface area contributed by atoms with Gasteiger partial charge in [-0.25, -0.2) is 0 Å². The Bertz CT molecular complexity index is 868. The quantitative estimate of drug-likeness (QED) is 0.571. The van der Waals surface area contributed by atoms with Crippen LogP contribution in [-0.4, -0.2) is 30.1 Å². The van der Waals surface area contributed by atoms with Crippen LogP contribution in [0, 0.1) is 5.92 Å². The summed E-state index contributed by atoms with van der Waals surface area (Å²) < 4.78 is 5.66. The normalized spacial score (nSPS) is 10.3. The molecule has 0 saturated carbocycles. The zero-order valence-corrected chi connectivity index (χ0v) is 17.8. The molecule has 0 atom stereocenters. The third-order valence-electron chi connectivity index (χ3n) is 3.82. The van der Waals surface area contributed by atoms with Crippen molar-refractivity contribution in [3.8, 4) is 5.75 Å². The molecule has 2 amide bonds. The van der Waals surface area contributed by atoms with Gasteiger partial charge >= 0.3 is 0 Å². The number of anilines is 1. The summed E-state index contributed by atoms with van der Waals surface area (Å²) in [4.78, 5) is 24.5. The number of hydrogen-bond donors (Lipinski definition) is 3. The molecule has 2 aromatic rings. The molecule has 0 fully saturated rings. The zero-order chi connectivity index (χ0) is 21.2. The van der Waals surface area contributed by atoms with Gasteiger partial charge in [0.2, 0.25) is 0 Å². The van der Waals surface area contributed by atoms with Gasteiger partial charge in [-0.05, 0) is 61.0 Å². The van der Waals surface area contributed by atoms with Crippen LogP contribution < -0.4 is 20.7 Å². The molecule has 3 N–H and O–H groups in total. The van der Waals surface area contributed by atoms with E-state index in [-0.39, 0.29) is 16.9 Å². The lowest BCUT2D eigenvalue weighted by atomic mass is 10.2. The second kappa shape index (κ2) is 11.2. The number of amides is 2. The fraction of sp³-hybridized carbons (Fsp3) is 0.318. The number of carbonyl (C=O) groups excluding carboxylic acids is 2. The molecule has 0 aliphatic heterocycles. The second-order valence-corrected chi connectivity index (χ2v) is 7.39. The minimum Gasteiger partial charge on any atom is -0.493 e. The van der Waals surface area contributed by atoms with Gasteiger partial charge in [0.25, 0.3) is 11.8 Å². The monoisotopic (exact) mass is 413 g/mol. The highest BCUT2D eigenvalue weighted by Gasteiger charge is 2.11. The van der Waals surface area contributed by atoms with Crippen LogP contribution >= 0.6 is 12.2 Å². The van der Waals surface area contributed by atoms with E-state index >= 15 is 0 Å². The van der Waals surface area contributed by atoms with Crippen LogP contribution in [-0.2, 0) is 0 Å². The van der Waals surface area contributed by atoms with Crippen LogP contribution in [0.5, 0.6) is 5.75 Å². The average Bonchev–Trinajstić information content (AvgIpc) is 2.70. The van der Waals surface area contributed by atoms with Gasteiger partial charge in [-0.2, -0.15) is 0 Å². The molecule has 0 unspecified atom stereocenters. The summed E-state index contributed by atoms with van der Waals surface area (Å²) >= 11 is 5.23. The lowest BCUT2D eigenvalue weighted by Gasteiger charge is -2.12. The van der Waals surface area contributed by atoms with Crippen molar-refractivity contribution in [2.75, 3.05) is 18.5 Å². The summed E-state index contributed by atoms with van der Waals surface area (Å²) in [5.74, 6) is 0.540. The molecule has 2 aromatic carbocycles. The molecular weight excluding hydrogens is 386 g/mol. The Balaban J connectivity index is 1.96. The van der Waals surface area contributed by atoms with Crippen LogP contribution in [0.2, 0.25) is 0 Å². The first-order valence-electron chi connectivity index (χ1n) is 9.62. The van der Waals surface area contributed by atoms with E-state index in [0.29, 0.717) is 41.6 Å². The van der Waals surface area contributed by atoms with Crippen LogP contribution in [0.1, 0.15) is 47.9 Å². The summed E-state index contributed by atoms with van der Waals surface area (Å²) in [5, 5.41) is 8.55. The molecule has 0 radical (unpaired) electrons. The summed E-state index contributed by atoms with van der Waals surface area (Å²) in [6.07, 6.45) is 0.865. The largest absolute Gasteiger partial charge is 0.493 e. The van der Waals surface area contributed by atoms with Crippen molar-refractivity contribution in [2.24, 2.45) is 5.92 Å². The molecular formula is C22H27N3O3S. The standard InChI is InChI=1S/C22H27N3O3S/c1-4-11-23-20(26)16-7-5-9-18(12-16)24-22(29)25-21(27)17-8-6-10-19(13-17)28-14-15(2)3/h5-10,12-13,15H,4,11,14H2,1-3H3,(H,23,26)(H2,24,25,27,29). The van der Waals surface area contributed by atoms with Crippen LogP contribution in [0.25, 0.3) is 0 Å². The number of rotatable bonds is 8. The number of carbonyl (C=O) groups is 2. The molecule has 0 heterocycles. The van der Waals surface area contributed by atoms with Crippen molar-refractivity contribution in [2.45, 2.75) is 27.2 Å². The van der Waals surface area contributed by atoms with Gasteiger partial charge < -0.3 is 15.4 Å². The molecule has 29 heavy (non-hydrogen) atoms. The smallest absolute Gasteiger partial charge is 0.257 e. The van der Waals surface area contributed by atoms with E-state index in [0.717, 1.165) is 6.42 Å². The molecule has 7 heteroatoms. The number of hydrogen-bond acceptors (Lipinski definition) is 4. The molecule has 0 saturated heterocycles. The minimum absolute atomic E-state index is 0.148. The number of thiocarbonyl (C=S) groups is 1. The first-order valence-corrected chi connectivity index (χ1v) is 10.0. The van der Waals surface area contributed by atoms with Crippen molar-refractivity contribution in [3.05, 3.63) is 59.7 Å².